The van der Waals surface area contributed by atoms with Gasteiger partial charge in [0, 0.05) is 29.5 Å². The van der Waals surface area contributed by atoms with E-state index in [1.807, 2.05) is 49.4 Å². The van der Waals surface area contributed by atoms with E-state index in [0.29, 0.717) is 17.2 Å². The molecule has 9 nitrogen and oxygen atoms in total. The molecule has 0 saturated carbocycles. The zero-order valence-electron chi connectivity index (χ0n) is 17.9. The second-order valence-electron chi connectivity index (χ2n) is 7.26. The first-order valence-electron chi connectivity index (χ1n) is 10.2. The van der Waals surface area contributed by atoms with Crippen molar-refractivity contribution in [3.05, 3.63) is 93.7 Å². The number of carbonyl (C=O) groups is 2. The van der Waals surface area contributed by atoms with Crippen molar-refractivity contribution in [2.24, 2.45) is 0 Å². The molecule has 0 aliphatic heterocycles. The molecule has 2 heterocycles. The minimum atomic E-state index is -0.745. The lowest BCUT2D eigenvalue weighted by Gasteiger charge is -2.09. The van der Waals surface area contributed by atoms with Crippen molar-refractivity contribution in [2.75, 3.05) is 11.9 Å². The first-order chi connectivity index (χ1) is 15.9. The molecule has 4 aromatic rings. The van der Waals surface area contributed by atoms with Crippen molar-refractivity contribution in [2.45, 2.75) is 13.8 Å². The van der Waals surface area contributed by atoms with Crippen LogP contribution in [0.25, 0.3) is 16.9 Å². The van der Waals surface area contributed by atoms with Crippen LogP contribution in [0.5, 0.6) is 0 Å². The van der Waals surface area contributed by atoms with Gasteiger partial charge in [0.05, 0.1) is 17.1 Å². The summed E-state index contributed by atoms with van der Waals surface area (Å²) in [7, 11) is 0. The molecule has 0 radical (unpaired) electrons. The topological polar surface area (TPSA) is 116 Å². The summed E-state index contributed by atoms with van der Waals surface area (Å²) in [6.45, 7) is 3.64. The minimum Gasteiger partial charge on any atom is -0.462 e. The van der Waals surface area contributed by atoms with Crippen molar-refractivity contribution in [1.29, 1.82) is 0 Å². The van der Waals surface area contributed by atoms with Gasteiger partial charge in [-0.15, -0.1) is 0 Å². The molecule has 0 atom stereocenters. The molecule has 2 aromatic carbocycles. The first kappa shape index (κ1) is 21.7. The third-order valence-corrected chi connectivity index (χ3v) is 5.03. The third-order valence-electron chi connectivity index (χ3n) is 5.03. The van der Waals surface area contributed by atoms with E-state index < -0.39 is 16.8 Å². The van der Waals surface area contributed by atoms with Crippen LogP contribution in [0.3, 0.4) is 0 Å². The van der Waals surface area contributed by atoms with Gasteiger partial charge < -0.3 is 10.1 Å². The fourth-order valence-corrected chi connectivity index (χ4v) is 3.48. The Hall–Kier alpha value is -4.53. The Morgan fingerprint density at radius 2 is 1.82 bits per heavy atom. The molecule has 0 unspecified atom stereocenters. The lowest BCUT2D eigenvalue weighted by molar-refractivity contribution is -0.384. The molecule has 1 amide bonds. The summed E-state index contributed by atoms with van der Waals surface area (Å²) in [5, 5.41) is 14.2. The van der Waals surface area contributed by atoms with Crippen LogP contribution in [0.1, 0.15) is 33.2 Å². The van der Waals surface area contributed by atoms with Gasteiger partial charge in [0.1, 0.15) is 17.2 Å². The number of aryl methyl sites for hydroxylation is 1. The predicted octanol–water partition coefficient (Wildman–Crippen LogP) is 4.65. The van der Waals surface area contributed by atoms with Crippen LogP contribution in [0.2, 0.25) is 0 Å². The molecule has 0 aliphatic rings. The molecular weight excluding hydrogens is 424 g/mol. The Morgan fingerprint density at radius 1 is 1.09 bits per heavy atom. The van der Waals surface area contributed by atoms with E-state index in [4.69, 9.17) is 9.72 Å². The van der Waals surface area contributed by atoms with E-state index in [1.165, 1.54) is 6.07 Å². The average Bonchev–Trinajstić information content (AvgIpc) is 3.19. The average molecular weight is 444 g/mol. The van der Waals surface area contributed by atoms with Gasteiger partial charge in [-0.3, -0.25) is 19.3 Å². The Kier molecular flexibility index (Phi) is 5.86. The smallest absolute Gasteiger partial charge is 0.338 e. The Morgan fingerprint density at radius 3 is 2.52 bits per heavy atom. The second-order valence-corrected chi connectivity index (χ2v) is 7.26. The molecule has 0 fully saturated rings. The highest BCUT2D eigenvalue weighted by Crippen LogP contribution is 2.30. The van der Waals surface area contributed by atoms with Crippen molar-refractivity contribution in [3.63, 3.8) is 0 Å². The van der Waals surface area contributed by atoms with Crippen LogP contribution >= 0.6 is 0 Å². The number of hydrogen-bond acceptors (Lipinski definition) is 6. The number of nitrogens with zero attached hydrogens (tertiary/aromatic N) is 3. The van der Waals surface area contributed by atoms with E-state index in [1.54, 1.807) is 17.5 Å². The zero-order valence-corrected chi connectivity index (χ0v) is 17.9. The number of non-ortho nitro benzene ring substituents is 1. The van der Waals surface area contributed by atoms with E-state index in [2.05, 4.69) is 5.32 Å². The highest BCUT2D eigenvalue weighted by atomic mass is 16.6. The molecule has 2 aromatic heterocycles. The van der Waals surface area contributed by atoms with Gasteiger partial charge in [-0.2, -0.15) is 0 Å². The standard InChI is InChI=1S/C24H20N4O5/c1-3-33-24(30)18-12-17(13-19(14-18)28(31)32)23(29)26-22-20(16-9-5-4-6-10-16)25-21-15(2)8-7-11-27(21)22/h4-14H,3H2,1-2H3,(H,26,29). The van der Waals surface area contributed by atoms with E-state index in [9.17, 15) is 19.7 Å². The summed E-state index contributed by atoms with van der Waals surface area (Å²) in [6, 6.07) is 16.6. The van der Waals surface area contributed by atoms with Crippen molar-refractivity contribution < 1.29 is 19.2 Å². The van der Waals surface area contributed by atoms with Crippen LogP contribution < -0.4 is 5.32 Å². The number of benzene rings is 2. The highest BCUT2D eigenvalue weighted by Gasteiger charge is 2.22. The van der Waals surface area contributed by atoms with Crippen LogP contribution in [-0.4, -0.2) is 32.8 Å². The molecular formula is C24H20N4O5. The van der Waals surface area contributed by atoms with E-state index in [-0.39, 0.29) is 23.4 Å². The predicted molar refractivity (Wildman–Crippen MR) is 122 cm³/mol. The number of nitro benzene ring substituents is 1. The number of esters is 1. The zero-order chi connectivity index (χ0) is 23.5. The van der Waals surface area contributed by atoms with Gasteiger partial charge in [0.25, 0.3) is 11.6 Å². The summed E-state index contributed by atoms with van der Waals surface area (Å²) < 4.78 is 6.69. The summed E-state index contributed by atoms with van der Waals surface area (Å²) in [6.07, 6.45) is 1.77. The lowest BCUT2D eigenvalue weighted by atomic mass is 10.1. The number of amides is 1. The Bertz CT molecular complexity index is 1380. The number of fused-ring (bicyclic) bond motifs is 1. The highest BCUT2D eigenvalue weighted by molar-refractivity contribution is 6.07. The summed E-state index contributed by atoms with van der Waals surface area (Å²) in [5.41, 5.74) is 2.41. The van der Waals surface area contributed by atoms with Gasteiger partial charge in [-0.05, 0) is 31.5 Å². The number of nitro groups is 1. The molecule has 9 heteroatoms. The van der Waals surface area contributed by atoms with Gasteiger partial charge in [-0.25, -0.2) is 9.78 Å². The third kappa shape index (κ3) is 4.29. The number of imidazole rings is 1. The largest absolute Gasteiger partial charge is 0.462 e. The first-order valence-corrected chi connectivity index (χ1v) is 10.2. The number of ether oxygens (including phenoxy) is 1. The normalized spacial score (nSPS) is 10.7. The molecule has 0 aliphatic carbocycles. The van der Waals surface area contributed by atoms with Crippen LogP contribution in [0.4, 0.5) is 11.5 Å². The van der Waals surface area contributed by atoms with Gasteiger partial charge >= 0.3 is 5.97 Å². The number of anilines is 1. The fourth-order valence-electron chi connectivity index (χ4n) is 3.48. The maximum atomic E-state index is 13.2. The Labute approximate surface area is 188 Å². The summed E-state index contributed by atoms with van der Waals surface area (Å²) >= 11 is 0. The molecule has 4 rings (SSSR count). The van der Waals surface area contributed by atoms with Crippen LogP contribution in [0, 0.1) is 17.0 Å². The van der Waals surface area contributed by atoms with Crippen LogP contribution in [-0.2, 0) is 4.74 Å². The van der Waals surface area contributed by atoms with Gasteiger partial charge in [-0.1, -0.05) is 36.4 Å². The van der Waals surface area contributed by atoms with Crippen LogP contribution in [0.15, 0.2) is 66.9 Å². The SMILES string of the molecule is CCOC(=O)c1cc(C(=O)Nc2c(-c3ccccc3)nc3c(C)cccn23)cc([N+](=O)[O-])c1. The Balaban J connectivity index is 1.81. The maximum Gasteiger partial charge on any atom is 0.338 e. The monoisotopic (exact) mass is 444 g/mol. The van der Waals surface area contributed by atoms with Gasteiger partial charge in [0.2, 0.25) is 0 Å². The number of aromatic nitrogens is 2. The molecule has 0 spiro atoms. The summed E-state index contributed by atoms with van der Waals surface area (Å²) in [5.74, 6) is -0.954. The van der Waals surface area contributed by atoms with E-state index >= 15 is 0 Å². The fraction of sp³-hybridized carbons (Fsp3) is 0.125. The van der Waals surface area contributed by atoms with Gasteiger partial charge in [0.15, 0.2) is 0 Å². The number of pyridine rings is 1. The van der Waals surface area contributed by atoms with Crippen molar-refractivity contribution in [1.82, 2.24) is 9.38 Å². The number of rotatable bonds is 6. The number of carbonyl (C=O) groups excluding carboxylic acids is 2. The van der Waals surface area contributed by atoms with Crippen molar-refractivity contribution >= 4 is 29.0 Å². The quantitative estimate of drug-likeness (QED) is 0.263. The lowest BCUT2D eigenvalue weighted by Crippen LogP contribution is -2.16. The molecule has 0 bridgehead atoms. The molecule has 33 heavy (non-hydrogen) atoms. The van der Waals surface area contributed by atoms with E-state index in [0.717, 1.165) is 23.3 Å². The number of nitrogens with one attached hydrogen (secondary N) is 1. The molecule has 0 saturated heterocycles. The maximum absolute atomic E-state index is 13.2. The van der Waals surface area contributed by atoms with Crippen molar-refractivity contribution in [3.8, 4) is 11.3 Å². The molecule has 166 valence electrons. The molecule has 1 N–H and O–H groups in total. The second kappa shape index (κ2) is 8.91. The number of hydrogen-bond donors (Lipinski definition) is 1. The minimum absolute atomic E-state index is 0.0473. The summed E-state index contributed by atoms with van der Waals surface area (Å²) in [4.78, 5) is 40.8.